The van der Waals surface area contributed by atoms with E-state index in [0.29, 0.717) is 25.7 Å². The number of carboxylic acid groups (broad SMARTS) is 1. The van der Waals surface area contributed by atoms with Crippen LogP contribution in [0.5, 0.6) is 0 Å². The van der Waals surface area contributed by atoms with Gasteiger partial charge in [0, 0.05) is 38.7 Å². The van der Waals surface area contributed by atoms with Crippen LogP contribution in [-0.2, 0) is 85.5 Å². The summed E-state index contributed by atoms with van der Waals surface area (Å²) < 4.78 is 84.1. The highest BCUT2D eigenvalue weighted by molar-refractivity contribution is 5.90. The lowest BCUT2D eigenvalue weighted by molar-refractivity contribution is -0.383. The molecule has 542 valence electrons. The highest BCUT2D eigenvalue weighted by Gasteiger charge is 2.58. The van der Waals surface area contributed by atoms with Crippen molar-refractivity contribution in [3.05, 3.63) is 24.3 Å². The van der Waals surface area contributed by atoms with Crippen LogP contribution in [0.3, 0.4) is 0 Å². The predicted molar refractivity (Wildman–Crippen MR) is 308 cm³/mol. The first kappa shape index (κ1) is 75.5. The monoisotopic (exact) mass is 1370 g/mol. The Kier molecular flexibility index (Phi) is 27.1. The normalized spacial score (nSPS) is 46.8. The Balaban J connectivity index is 1.04. The maximum atomic E-state index is 14.2. The zero-order chi connectivity index (χ0) is 68.7. The van der Waals surface area contributed by atoms with Crippen LogP contribution in [0.4, 0.5) is 0 Å². The second-order valence-corrected chi connectivity index (χ2v) is 26.3. The van der Waals surface area contributed by atoms with Crippen molar-refractivity contribution in [1.29, 1.82) is 0 Å². The summed E-state index contributed by atoms with van der Waals surface area (Å²) in [6.07, 6.45) is -40.2. The van der Waals surface area contributed by atoms with Gasteiger partial charge in [0.2, 0.25) is 0 Å². The van der Waals surface area contributed by atoms with Gasteiger partial charge in [0.15, 0.2) is 31.3 Å². The van der Waals surface area contributed by atoms with Crippen LogP contribution < -0.4 is 0 Å². The Morgan fingerprint density at radius 1 is 0.463 bits per heavy atom. The number of ether oxygens (including phenoxy) is 14. The molecule has 30 unspecified atom stereocenters. The molecule has 4 aliphatic carbocycles. The first-order chi connectivity index (χ1) is 45.2. The summed E-state index contributed by atoms with van der Waals surface area (Å²) in [5.41, 5.74) is 0. The fourth-order valence-corrected chi connectivity index (χ4v) is 14.3. The van der Waals surface area contributed by atoms with Gasteiger partial charge in [-0.25, -0.2) is 9.59 Å². The van der Waals surface area contributed by atoms with Crippen molar-refractivity contribution in [3.63, 3.8) is 0 Å². The van der Waals surface area contributed by atoms with Crippen LogP contribution in [0, 0.1) is 23.7 Å². The minimum Gasteiger partial charge on any atom is -0.481 e. The lowest BCUT2D eigenvalue weighted by atomic mass is 9.72. The number of carbonyl (C=O) groups excluding carboxylic acids is 3. The molecule has 9 rings (SSSR count). The fraction of sp³-hybridized carbons (Fsp3) is 0.869. The van der Waals surface area contributed by atoms with E-state index < -0.39 is 258 Å². The summed E-state index contributed by atoms with van der Waals surface area (Å²) in [6.45, 7) is -3.15. The standard InChI is InChI=1S/C61H94O34/c1-82-35-13-25(14-36(83-2)45(35)73)6-12-43(71)93-57-55(94-59-53(81)49(77)46(74)38(20-62)90-59)32(67)21-86-60(57)95-56-51(79)48(76)40(22-84-42(70)11-5-24-3-8-27(63)9-4-24)92-61(56)89-37-18-29-33(87-54(37)26-7-10-30(65)31(66)15-26)16-28(64)17-34(29)88-58-52(80)50(78)47(75)39(91-58)23-85-44(72)19-41(68)69/h5-6,11-12,24-40,45-67,73-81H,3-4,7-10,13-23H2,1-2H3,(H,68,69). The molecule has 5 heterocycles. The van der Waals surface area contributed by atoms with Crippen molar-refractivity contribution >= 4 is 23.9 Å². The third kappa shape index (κ3) is 18.7. The van der Waals surface area contributed by atoms with Crippen LogP contribution in [0.15, 0.2) is 24.3 Å². The zero-order valence-electron chi connectivity index (χ0n) is 52.5. The number of aliphatic carboxylic acids is 1. The molecule has 34 nitrogen and oxygen atoms in total. The lowest BCUT2D eigenvalue weighted by Crippen LogP contribution is -2.66. The van der Waals surface area contributed by atoms with Gasteiger partial charge in [0.1, 0.15) is 111 Å². The summed E-state index contributed by atoms with van der Waals surface area (Å²) in [4.78, 5) is 50.8. The quantitative estimate of drug-likeness (QED) is 0.0196. The smallest absolute Gasteiger partial charge is 0.330 e. The number of carboxylic acids is 1. The van der Waals surface area contributed by atoms with Gasteiger partial charge in [-0.3, -0.25) is 9.59 Å². The summed E-state index contributed by atoms with van der Waals surface area (Å²) >= 11 is 0. The number of methoxy groups -OCH3 is 2. The van der Waals surface area contributed by atoms with E-state index in [0.717, 1.165) is 6.08 Å². The molecule has 0 spiro atoms. The molecule has 4 saturated carbocycles. The molecule has 0 aromatic rings. The second kappa shape index (κ2) is 34.1. The van der Waals surface area contributed by atoms with Gasteiger partial charge in [-0.1, -0.05) is 12.2 Å². The van der Waals surface area contributed by atoms with Crippen molar-refractivity contribution in [2.24, 2.45) is 23.7 Å². The van der Waals surface area contributed by atoms with Crippen LogP contribution in [-0.4, -0.2) is 330 Å². The fourth-order valence-electron chi connectivity index (χ4n) is 14.3. The number of aliphatic hydroxyl groups is 15. The largest absolute Gasteiger partial charge is 0.481 e. The minimum absolute atomic E-state index is 0.0258. The maximum Gasteiger partial charge on any atom is 0.330 e. The number of esters is 3. The molecule has 5 aliphatic heterocycles. The molecule has 0 amide bonds. The molecular weight excluding hydrogens is 1280 g/mol. The Hall–Kier alpha value is -3.68. The van der Waals surface area contributed by atoms with Crippen LogP contribution in [0.1, 0.15) is 83.5 Å². The maximum absolute atomic E-state index is 14.2. The van der Waals surface area contributed by atoms with E-state index in [-0.39, 0.29) is 57.3 Å². The molecule has 30 atom stereocenters. The van der Waals surface area contributed by atoms with Crippen molar-refractivity contribution in [1.82, 2.24) is 0 Å². The number of rotatable bonds is 23. The molecule has 0 bridgehead atoms. The molecule has 0 aromatic heterocycles. The summed E-state index contributed by atoms with van der Waals surface area (Å²) in [5.74, 6) is -6.75. The summed E-state index contributed by atoms with van der Waals surface area (Å²) in [7, 11) is 2.79. The van der Waals surface area contributed by atoms with E-state index in [1.165, 1.54) is 26.4 Å². The highest BCUT2D eigenvalue weighted by Crippen LogP contribution is 2.46. The van der Waals surface area contributed by atoms with Crippen molar-refractivity contribution in [3.8, 4) is 0 Å². The van der Waals surface area contributed by atoms with Crippen molar-refractivity contribution < 1.29 is 167 Å². The zero-order valence-corrected chi connectivity index (χ0v) is 52.5. The molecule has 9 aliphatic rings. The number of aliphatic hydroxyl groups excluding tert-OH is 15. The van der Waals surface area contributed by atoms with Crippen LogP contribution in [0.2, 0.25) is 0 Å². The van der Waals surface area contributed by atoms with E-state index in [9.17, 15) is 95.8 Å². The number of hydrogen-bond donors (Lipinski definition) is 16. The average molecular weight is 1370 g/mol. The number of hydrogen-bond acceptors (Lipinski definition) is 33. The molecule has 9 fully saturated rings. The van der Waals surface area contributed by atoms with Gasteiger partial charge in [-0.2, -0.15) is 0 Å². The third-order valence-electron chi connectivity index (χ3n) is 19.8. The van der Waals surface area contributed by atoms with Gasteiger partial charge >= 0.3 is 23.9 Å². The molecule has 34 heteroatoms. The highest BCUT2D eigenvalue weighted by atomic mass is 16.8. The Morgan fingerprint density at radius 2 is 1.04 bits per heavy atom. The predicted octanol–water partition coefficient (Wildman–Crippen LogP) is -6.31. The van der Waals surface area contributed by atoms with Gasteiger partial charge in [0.25, 0.3) is 0 Å². The van der Waals surface area contributed by atoms with Gasteiger partial charge < -0.3 is 148 Å². The van der Waals surface area contributed by atoms with Gasteiger partial charge in [0.05, 0.1) is 74.3 Å². The van der Waals surface area contributed by atoms with E-state index in [4.69, 9.17) is 71.4 Å². The summed E-state index contributed by atoms with van der Waals surface area (Å²) in [6, 6.07) is 0. The SMILES string of the molecule is COC1CC(C=CC(=O)OC2C(OC3C(OC4CC5C(OC6OC(COC(=O)CC(=O)O)C(O)C(O)C6O)CC(O)CC5OC4C4CCC(O)C(O)C4)OC(COC(=O)C=CC4CCC(O)CC4)C(O)C3O)OCC(O)C2OC2OC(CO)C(O)C(O)C2O)CC(OC)C1O. The number of allylic oxidation sites excluding steroid dienone is 2. The van der Waals surface area contributed by atoms with Gasteiger partial charge in [-0.15, -0.1) is 0 Å². The minimum atomic E-state index is -2.14. The van der Waals surface area contributed by atoms with E-state index in [1.807, 2.05) is 0 Å². The molecule has 95 heavy (non-hydrogen) atoms. The lowest BCUT2D eigenvalue weighted by Gasteiger charge is -2.53. The molecule has 0 radical (unpaired) electrons. The Bertz CT molecular complexity index is 2510. The van der Waals surface area contributed by atoms with Gasteiger partial charge in [-0.05, 0) is 88.4 Å². The van der Waals surface area contributed by atoms with Crippen LogP contribution >= 0.6 is 0 Å². The van der Waals surface area contributed by atoms with E-state index in [2.05, 4.69) is 0 Å². The van der Waals surface area contributed by atoms with E-state index >= 15 is 0 Å². The Labute approximate surface area is 545 Å². The molecule has 16 N–H and O–H groups in total. The molecular formula is C61H94O34. The first-order valence-corrected chi connectivity index (χ1v) is 32.4. The first-order valence-electron chi connectivity index (χ1n) is 32.4. The van der Waals surface area contributed by atoms with Crippen molar-refractivity contribution in [2.75, 3.05) is 40.6 Å². The van der Waals surface area contributed by atoms with E-state index in [1.54, 1.807) is 6.08 Å². The molecule has 5 saturated heterocycles. The number of fused-ring (bicyclic) bond motifs is 1. The Morgan fingerprint density at radius 3 is 1.68 bits per heavy atom. The topological polar surface area (TPSA) is 521 Å². The molecule has 0 aromatic carbocycles. The summed E-state index contributed by atoms with van der Waals surface area (Å²) in [5, 5.41) is 175. The average Bonchev–Trinajstić information content (AvgIpc) is 0.836. The second-order valence-electron chi connectivity index (χ2n) is 26.3. The third-order valence-corrected chi connectivity index (χ3v) is 19.8. The van der Waals surface area contributed by atoms with Crippen LogP contribution in [0.25, 0.3) is 0 Å². The number of carbonyl (C=O) groups is 4. The van der Waals surface area contributed by atoms with Crippen molar-refractivity contribution in [2.45, 2.75) is 267 Å².